The molecule has 0 spiro atoms. The van der Waals surface area contributed by atoms with Crippen LogP contribution in [0.1, 0.15) is 26.5 Å². The Morgan fingerprint density at radius 3 is 2.40 bits per heavy atom. The topological polar surface area (TPSA) is 51.2 Å². The predicted octanol–water partition coefficient (Wildman–Crippen LogP) is 5.56. The van der Waals surface area contributed by atoms with E-state index in [1.807, 2.05) is 82.3 Å². The van der Waals surface area contributed by atoms with Gasteiger partial charge in [0.15, 0.2) is 0 Å². The lowest BCUT2D eigenvalue weighted by Gasteiger charge is -2.21. The third kappa shape index (κ3) is 3.97. The van der Waals surface area contributed by atoms with Gasteiger partial charge in [0, 0.05) is 16.6 Å². The first-order valence-electron chi connectivity index (χ1n) is 8.29. The highest BCUT2D eigenvalue weighted by Crippen LogP contribution is 2.35. The van der Waals surface area contributed by atoms with E-state index in [9.17, 15) is 4.79 Å². The third-order valence-electron chi connectivity index (χ3n) is 3.71. The van der Waals surface area contributed by atoms with Crippen LogP contribution in [-0.2, 0) is 4.74 Å². The average Bonchev–Trinajstić information content (AvgIpc) is 2.53. The number of carbonyl (C=O) groups is 1. The van der Waals surface area contributed by atoms with E-state index >= 15 is 0 Å². The molecule has 0 fully saturated rings. The Morgan fingerprint density at radius 1 is 1.00 bits per heavy atom. The Balaban J connectivity index is 2.12. The van der Waals surface area contributed by atoms with Crippen molar-refractivity contribution in [3.05, 3.63) is 60.3 Å². The van der Waals surface area contributed by atoms with Gasteiger partial charge < -0.3 is 4.74 Å². The van der Waals surface area contributed by atoms with Crippen molar-refractivity contribution >= 4 is 22.7 Å². The molecule has 0 saturated heterocycles. The molecule has 0 atom stereocenters. The van der Waals surface area contributed by atoms with Crippen molar-refractivity contribution in [1.29, 1.82) is 0 Å². The molecule has 1 N–H and O–H groups in total. The monoisotopic (exact) mass is 334 g/mol. The highest BCUT2D eigenvalue weighted by Gasteiger charge is 2.18. The summed E-state index contributed by atoms with van der Waals surface area (Å²) in [5.41, 5.74) is 3.97. The van der Waals surface area contributed by atoms with Gasteiger partial charge >= 0.3 is 6.09 Å². The van der Waals surface area contributed by atoms with Crippen LogP contribution in [0.15, 0.2) is 54.6 Å². The van der Waals surface area contributed by atoms with Gasteiger partial charge in [-0.05, 0) is 51.5 Å². The van der Waals surface area contributed by atoms with Gasteiger partial charge in [0.05, 0.1) is 11.2 Å². The molecule has 0 bridgehead atoms. The van der Waals surface area contributed by atoms with E-state index in [-0.39, 0.29) is 0 Å². The zero-order chi connectivity index (χ0) is 18.0. The molecular formula is C21H22N2O2. The molecule has 0 aliphatic carbocycles. The number of aryl methyl sites for hydroxylation is 1. The summed E-state index contributed by atoms with van der Waals surface area (Å²) < 4.78 is 5.40. The maximum atomic E-state index is 12.3. The fraction of sp³-hybridized carbons (Fsp3) is 0.238. The van der Waals surface area contributed by atoms with Crippen molar-refractivity contribution in [2.75, 3.05) is 5.32 Å². The van der Waals surface area contributed by atoms with E-state index in [0.29, 0.717) is 5.69 Å². The Hall–Kier alpha value is -2.88. The predicted molar refractivity (Wildman–Crippen MR) is 102 cm³/mol. The number of amides is 1. The first-order valence-corrected chi connectivity index (χ1v) is 8.29. The van der Waals surface area contributed by atoms with Gasteiger partial charge in [-0.2, -0.15) is 0 Å². The lowest BCUT2D eigenvalue weighted by atomic mass is 9.98. The van der Waals surface area contributed by atoms with Gasteiger partial charge in [-0.3, -0.25) is 10.3 Å². The van der Waals surface area contributed by atoms with E-state index in [0.717, 1.165) is 27.7 Å². The van der Waals surface area contributed by atoms with Crippen LogP contribution >= 0.6 is 0 Å². The zero-order valence-corrected chi connectivity index (χ0v) is 15.0. The molecule has 4 heteroatoms. The van der Waals surface area contributed by atoms with Crippen molar-refractivity contribution in [1.82, 2.24) is 4.98 Å². The molecule has 0 unspecified atom stereocenters. The fourth-order valence-electron chi connectivity index (χ4n) is 2.74. The van der Waals surface area contributed by atoms with Crippen LogP contribution in [0.25, 0.3) is 22.0 Å². The van der Waals surface area contributed by atoms with Gasteiger partial charge in [0.1, 0.15) is 5.60 Å². The van der Waals surface area contributed by atoms with Crippen LogP contribution in [0.4, 0.5) is 10.5 Å². The van der Waals surface area contributed by atoms with Crippen molar-refractivity contribution < 1.29 is 9.53 Å². The van der Waals surface area contributed by atoms with Crippen LogP contribution in [-0.4, -0.2) is 16.7 Å². The summed E-state index contributed by atoms with van der Waals surface area (Å²) in [6, 6.07) is 17.8. The molecule has 1 heterocycles. The Kier molecular flexibility index (Phi) is 4.45. The fourth-order valence-corrected chi connectivity index (χ4v) is 2.74. The smallest absolute Gasteiger partial charge is 0.412 e. The van der Waals surface area contributed by atoms with Gasteiger partial charge in [0.2, 0.25) is 0 Å². The minimum Gasteiger partial charge on any atom is -0.444 e. The first kappa shape index (κ1) is 17.0. The highest BCUT2D eigenvalue weighted by molar-refractivity contribution is 6.04. The normalized spacial score (nSPS) is 11.4. The number of anilines is 1. The van der Waals surface area contributed by atoms with Crippen LogP contribution in [0.3, 0.4) is 0 Å². The van der Waals surface area contributed by atoms with Gasteiger partial charge in [-0.25, -0.2) is 4.79 Å². The lowest BCUT2D eigenvalue weighted by Crippen LogP contribution is -2.27. The summed E-state index contributed by atoms with van der Waals surface area (Å²) in [5, 5.41) is 3.87. The first-order chi connectivity index (χ1) is 11.8. The molecule has 25 heavy (non-hydrogen) atoms. The molecule has 4 nitrogen and oxygen atoms in total. The zero-order valence-electron chi connectivity index (χ0n) is 15.0. The summed E-state index contributed by atoms with van der Waals surface area (Å²) in [6.07, 6.45) is -0.468. The summed E-state index contributed by atoms with van der Waals surface area (Å²) >= 11 is 0. The molecular weight excluding hydrogens is 312 g/mol. The van der Waals surface area contributed by atoms with E-state index in [4.69, 9.17) is 4.74 Å². The second-order valence-corrected chi connectivity index (χ2v) is 7.00. The highest BCUT2D eigenvalue weighted by atomic mass is 16.6. The summed E-state index contributed by atoms with van der Waals surface area (Å²) in [4.78, 5) is 16.9. The number of hydrogen-bond acceptors (Lipinski definition) is 3. The van der Waals surface area contributed by atoms with Crippen molar-refractivity contribution in [2.24, 2.45) is 0 Å². The number of nitrogens with zero attached hydrogens (tertiary/aromatic N) is 1. The van der Waals surface area contributed by atoms with Crippen molar-refractivity contribution in [3.8, 4) is 11.1 Å². The maximum Gasteiger partial charge on any atom is 0.412 e. The Morgan fingerprint density at radius 2 is 1.72 bits per heavy atom. The number of ether oxygens (including phenoxy) is 1. The van der Waals surface area contributed by atoms with E-state index < -0.39 is 11.7 Å². The van der Waals surface area contributed by atoms with E-state index in [2.05, 4.69) is 10.3 Å². The van der Waals surface area contributed by atoms with Crippen molar-refractivity contribution in [2.45, 2.75) is 33.3 Å². The summed E-state index contributed by atoms with van der Waals surface area (Å²) in [5.74, 6) is 0. The molecule has 1 aromatic heterocycles. The molecule has 0 saturated carbocycles. The third-order valence-corrected chi connectivity index (χ3v) is 3.71. The molecule has 0 aliphatic rings. The van der Waals surface area contributed by atoms with Crippen LogP contribution in [0, 0.1) is 6.92 Å². The number of rotatable bonds is 2. The summed E-state index contributed by atoms with van der Waals surface area (Å²) in [6.45, 7) is 7.50. The van der Waals surface area contributed by atoms with Crippen LogP contribution < -0.4 is 5.32 Å². The van der Waals surface area contributed by atoms with Crippen LogP contribution in [0.5, 0.6) is 0 Å². The number of fused-ring (bicyclic) bond motifs is 1. The molecule has 2 aromatic carbocycles. The minimum absolute atomic E-state index is 0.468. The standard InChI is InChI=1S/C21H22N2O2/c1-14-10-11-16-17(22-14)12-13-18(23-20(24)25-21(2,3)4)19(16)15-8-6-5-7-9-15/h5-13H,1-4H3,(H,23,24). The van der Waals surface area contributed by atoms with Gasteiger partial charge in [0.25, 0.3) is 0 Å². The number of hydrogen-bond donors (Lipinski definition) is 1. The number of carbonyl (C=O) groups excluding carboxylic acids is 1. The van der Waals surface area contributed by atoms with E-state index in [1.165, 1.54) is 0 Å². The SMILES string of the molecule is Cc1ccc2c(-c3ccccc3)c(NC(=O)OC(C)(C)C)ccc2n1. The number of aromatic nitrogens is 1. The second-order valence-electron chi connectivity index (χ2n) is 7.00. The van der Waals surface area contributed by atoms with Gasteiger partial charge in [-0.1, -0.05) is 36.4 Å². The number of benzene rings is 2. The summed E-state index contributed by atoms with van der Waals surface area (Å²) in [7, 11) is 0. The quantitative estimate of drug-likeness (QED) is 0.668. The average molecular weight is 334 g/mol. The second kappa shape index (κ2) is 6.55. The Bertz CT molecular complexity index is 912. The molecule has 128 valence electrons. The molecule has 0 aliphatic heterocycles. The van der Waals surface area contributed by atoms with E-state index in [1.54, 1.807) is 0 Å². The number of nitrogens with one attached hydrogen (secondary N) is 1. The molecule has 3 aromatic rings. The minimum atomic E-state index is -0.549. The van der Waals surface area contributed by atoms with Crippen LogP contribution in [0.2, 0.25) is 0 Å². The lowest BCUT2D eigenvalue weighted by molar-refractivity contribution is 0.0636. The van der Waals surface area contributed by atoms with Gasteiger partial charge in [-0.15, -0.1) is 0 Å². The Labute approximate surface area is 147 Å². The molecule has 1 amide bonds. The molecule has 3 rings (SSSR count). The number of pyridine rings is 1. The maximum absolute atomic E-state index is 12.3. The largest absolute Gasteiger partial charge is 0.444 e. The molecule has 0 radical (unpaired) electrons. The van der Waals surface area contributed by atoms with Crippen molar-refractivity contribution in [3.63, 3.8) is 0 Å².